The maximum absolute atomic E-state index is 12.7. The highest BCUT2D eigenvalue weighted by Crippen LogP contribution is 2.32. The van der Waals surface area contributed by atoms with Crippen LogP contribution in [0.15, 0.2) is 24.3 Å². The standard InChI is InChI=1S/C20H26ClNO4/c1-20(2,3)26-19(23)22-6-9-25-13-18(22)16-10-15(11-17(21)12-16)14-4-7-24-8-5-14/h4,10-12,18H,5-9,13H2,1-3H3. The minimum atomic E-state index is -0.535. The third-order valence-electron chi connectivity index (χ3n) is 4.40. The van der Waals surface area contributed by atoms with Crippen molar-refractivity contribution < 1.29 is 19.0 Å². The lowest BCUT2D eigenvalue weighted by molar-refractivity contribution is -0.0331. The molecule has 1 unspecified atom stereocenters. The third-order valence-corrected chi connectivity index (χ3v) is 4.61. The minimum Gasteiger partial charge on any atom is -0.444 e. The van der Waals surface area contributed by atoms with E-state index in [9.17, 15) is 4.79 Å². The first-order chi connectivity index (χ1) is 12.3. The number of nitrogens with zero attached hydrogens (tertiary/aromatic N) is 1. The highest BCUT2D eigenvalue weighted by molar-refractivity contribution is 6.30. The molecule has 2 aliphatic rings. The molecule has 6 heteroatoms. The number of carbonyl (C=O) groups excluding carboxylic acids is 1. The van der Waals surface area contributed by atoms with Crippen LogP contribution in [0.25, 0.3) is 5.57 Å². The molecule has 0 N–H and O–H groups in total. The quantitative estimate of drug-likeness (QED) is 0.761. The number of halogens is 1. The van der Waals surface area contributed by atoms with Crippen molar-refractivity contribution in [1.82, 2.24) is 4.90 Å². The van der Waals surface area contributed by atoms with Gasteiger partial charge in [0, 0.05) is 11.6 Å². The summed E-state index contributed by atoms with van der Waals surface area (Å²) in [5, 5.41) is 0.652. The molecule has 1 atom stereocenters. The van der Waals surface area contributed by atoms with Gasteiger partial charge in [-0.1, -0.05) is 17.7 Å². The van der Waals surface area contributed by atoms with E-state index < -0.39 is 5.60 Å². The number of hydrogen-bond donors (Lipinski definition) is 0. The molecule has 2 heterocycles. The number of amides is 1. The molecule has 0 aliphatic carbocycles. The van der Waals surface area contributed by atoms with Gasteiger partial charge in [-0.2, -0.15) is 0 Å². The van der Waals surface area contributed by atoms with Gasteiger partial charge in [0.05, 0.1) is 32.5 Å². The van der Waals surface area contributed by atoms with Crippen LogP contribution in [-0.2, 0) is 14.2 Å². The van der Waals surface area contributed by atoms with Gasteiger partial charge in [-0.05, 0) is 62.1 Å². The van der Waals surface area contributed by atoms with Crippen LogP contribution >= 0.6 is 11.6 Å². The smallest absolute Gasteiger partial charge is 0.410 e. The SMILES string of the molecule is CC(C)(C)OC(=O)N1CCOCC1c1cc(Cl)cc(C2=CCOCC2)c1. The molecule has 0 spiro atoms. The Morgan fingerprint density at radius 2 is 2.04 bits per heavy atom. The van der Waals surface area contributed by atoms with Crippen LogP contribution in [0.1, 0.15) is 44.4 Å². The molecule has 1 saturated heterocycles. The second-order valence-corrected chi connectivity index (χ2v) is 8.03. The van der Waals surface area contributed by atoms with Crippen LogP contribution in [0, 0.1) is 0 Å². The van der Waals surface area contributed by atoms with E-state index in [0.717, 1.165) is 17.5 Å². The first-order valence-electron chi connectivity index (χ1n) is 8.98. The average Bonchev–Trinajstić information content (AvgIpc) is 2.60. The fourth-order valence-electron chi connectivity index (χ4n) is 3.20. The van der Waals surface area contributed by atoms with Crippen LogP contribution in [0.2, 0.25) is 5.02 Å². The van der Waals surface area contributed by atoms with Gasteiger partial charge in [-0.15, -0.1) is 0 Å². The lowest BCUT2D eigenvalue weighted by atomic mass is 9.96. The van der Waals surface area contributed by atoms with Crippen molar-refractivity contribution >= 4 is 23.3 Å². The van der Waals surface area contributed by atoms with Crippen molar-refractivity contribution in [2.45, 2.75) is 38.8 Å². The normalized spacial score (nSPS) is 21.3. The number of morpholine rings is 1. The molecule has 0 saturated carbocycles. The molecule has 1 amide bonds. The van der Waals surface area contributed by atoms with E-state index in [1.54, 1.807) is 4.90 Å². The molecule has 26 heavy (non-hydrogen) atoms. The summed E-state index contributed by atoms with van der Waals surface area (Å²) in [7, 11) is 0. The van der Waals surface area contributed by atoms with Gasteiger partial charge < -0.3 is 14.2 Å². The van der Waals surface area contributed by atoms with E-state index >= 15 is 0 Å². The molecule has 1 fully saturated rings. The molecule has 0 radical (unpaired) electrons. The first kappa shape index (κ1) is 19.2. The first-order valence-corrected chi connectivity index (χ1v) is 9.36. The molecule has 3 rings (SSSR count). The lowest BCUT2D eigenvalue weighted by Gasteiger charge is -2.37. The second-order valence-electron chi connectivity index (χ2n) is 7.59. The van der Waals surface area contributed by atoms with Crippen LogP contribution in [0.5, 0.6) is 0 Å². The van der Waals surface area contributed by atoms with Gasteiger partial charge >= 0.3 is 6.09 Å². The highest BCUT2D eigenvalue weighted by atomic mass is 35.5. The summed E-state index contributed by atoms with van der Waals surface area (Å²) in [5.41, 5.74) is 2.73. The Kier molecular flexibility index (Phi) is 5.90. The summed E-state index contributed by atoms with van der Waals surface area (Å²) >= 11 is 6.39. The van der Waals surface area contributed by atoms with Gasteiger partial charge in [0.1, 0.15) is 5.60 Å². The molecule has 5 nitrogen and oxygen atoms in total. The van der Waals surface area contributed by atoms with Crippen LogP contribution in [0.3, 0.4) is 0 Å². The van der Waals surface area contributed by atoms with Crippen molar-refractivity contribution in [1.29, 1.82) is 0 Å². The summed E-state index contributed by atoms with van der Waals surface area (Å²) in [4.78, 5) is 14.4. The molecular formula is C20H26ClNO4. The maximum Gasteiger partial charge on any atom is 0.410 e. The Labute approximate surface area is 159 Å². The van der Waals surface area contributed by atoms with Crippen LogP contribution < -0.4 is 0 Å². The van der Waals surface area contributed by atoms with Gasteiger partial charge in [0.2, 0.25) is 0 Å². The van der Waals surface area contributed by atoms with Crippen molar-refractivity contribution in [3.63, 3.8) is 0 Å². The average molecular weight is 380 g/mol. The predicted molar refractivity (Wildman–Crippen MR) is 101 cm³/mol. The Morgan fingerprint density at radius 3 is 2.73 bits per heavy atom. The monoisotopic (exact) mass is 379 g/mol. The van der Waals surface area contributed by atoms with Crippen molar-refractivity contribution in [3.05, 3.63) is 40.4 Å². The Hall–Kier alpha value is -1.56. The Bertz CT molecular complexity index is 696. The minimum absolute atomic E-state index is 0.212. The number of carbonyl (C=O) groups is 1. The Balaban J connectivity index is 1.88. The highest BCUT2D eigenvalue weighted by Gasteiger charge is 2.32. The summed E-state index contributed by atoms with van der Waals surface area (Å²) < 4.78 is 16.6. The van der Waals surface area contributed by atoms with Gasteiger partial charge in [-0.25, -0.2) is 4.79 Å². The van der Waals surface area contributed by atoms with E-state index in [1.807, 2.05) is 32.9 Å². The lowest BCUT2D eigenvalue weighted by Crippen LogP contribution is -2.45. The molecule has 1 aromatic carbocycles. The van der Waals surface area contributed by atoms with Gasteiger partial charge in [0.15, 0.2) is 0 Å². The van der Waals surface area contributed by atoms with E-state index in [1.165, 1.54) is 5.57 Å². The summed E-state index contributed by atoms with van der Waals surface area (Å²) in [6.07, 6.45) is 2.62. The van der Waals surface area contributed by atoms with Crippen LogP contribution in [0.4, 0.5) is 4.79 Å². The zero-order chi connectivity index (χ0) is 18.7. The molecule has 0 aromatic heterocycles. The van der Waals surface area contributed by atoms with Gasteiger partial charge in [-0.3, -0.25) is 4.90 Å². The second kappa shape index (κ2) is 7.99. The van der Waals surface area contributed by atoms with Crippen LogP contribution in [-0.4, -0.2) is 49.6 Å². The maximum atomic E-state index is 12.7. The zero-order valence-corrected chi connectivity index (χ0v) is 16.3. The van der Waals surface area contributed by atoms with Gasteiger partial charge in [0.25, 0.3) is 0 Å². The summed E-state index contributed by atoms with van der Waals surface area (Å²) in [6, 6.07) is 5.75. The molecule has 2 aliphatic heterocycles. The van der Waals surface area contributed by atoms with E-state index in [2.05, 4.69) is 12.1 Å². The van der Waals surface area contributed by atoms with Crippen molar-refractivity contribution in [3.8, 4) is 0 Å². The molecule has 142 valence electrons. The van der Waals surface area contributed by atoms with Crippen molar-refractivity contribution in [2.24, 2.45) is 0 Å². The Morgan fingerprint density at radius 1 is 1.23 bits per heavy atom. The van der Waals surface area contributed by atoms with E-state index in [4.69, 9.17) is 25.8 Å². The fourth-order valence-corrected chi connectivity index (χ4v) is 3.44. The van der Waals surface area contributed by atoms with E-state index in [0.29, 0.717) is 38.0 Å². The number of hydrogen-bond acceptors (Lipinski definition) is 4. The largest absolute Gasteiger partial charge is 0.444 e. The number of rotatable bonds is 2. The predicted octanol–water partition coefficient (Wildman–Crippen LogP) is 4.45. The molecule has 0 bridgehead atoms. The summed E-state index contributed by atoms with van der Waals surface area (Å²) in [5.74, 6) is 0. The van der Waals surface area contributed by atoms with E-state index in [-0.39, 0.29) is 12.1 Å². The fraction of sp³-hybridized carbons (Fsp3) is 0.550. The number of benzene rings is 1. The molecule has 1 aromatic rings. The summed E-state index contributed by atoms with van der Waals surface area (Å²) in [6.45, 7) is 8.38. The molecular weight excluding hydrogens is 354 g/mol. The zero-order valence-electron chi connectivity index (χ0n) is 15.6. The topological polar surface area (TPSA) is 48.0 Å². The third kappa shape index (κ3) is 4.78. The number of ether oxygens (including phenoxy) is 3. The van der Waals surface area contributed by atoms with Crippen molar-refractivity contribution in [2.75, 3.05) is 33.0 Å².